The highest BCUT2D eigenvalue weighted by molar-refractivity contribution is 9.10. The summed E-state index contributed by atoms with van der Waals surface area (Å²) in [5, 5.41) is 10.3. The maximum atomic E-state index is 13.0. The van der Waals surface area contributed by atoms with Gasteiger partial charge in [0.25, 0.3) is 0 Å². The van der Waals surface area contributed by atoms with E-state index in [1.807, 2.05) is 0 Å². The minimum Gasteiger partial charge on any atom is -0.258 e. The number of halogens is 2. The van der Waals surface area contributed by atoms with Crippen LogP contribution in [-0.2, 0) is 0 Å². The fraction of sp³-hybridized carbons (Fsp3) is 0.143. The van der Waals surface area contributed by atoms with Crippen molar-refractivity contribution >= 4 is 21.6 Å². The summed E-state index contributed by atoms with van der Waals surface area (Å²) in [7, 11) is 0. The van der Waals surface area contributed by atoms with Gasteiger partial charge in [-0.05, 0) is 34.5 Å². The third kappa shape index (κ3) is 1.45. The van der Waals surface area contributed by atoms with E-state index >= 15 is 0 Å². The molecule has 12 heavy (non-hydrogen) atoms. The molecule has 0 aliphatic heterocycles. The molecule has 0 heterocycles. The third-order valence-electron chi connectivity index (χ3n) is 1.44. The molecule has 0 aliphatic rings. The van der Waals surface area contributed by atoms with Gasteiger partial charge in [0.05, 0.1) is 9.40 Å². The zero-order valence-corrected chi connectivity index (χ0v) is 7.76. The molecule has 0 unspecified atom stereocenters. The van der Waals surface area contributed by atoms with Crippen molar-refractivity contribution in [1.29, 1.82) is 0 Å². The molecule has 0 spiro atoms. The van der Waals surface area contributed by atoms with E-state index in [0.29, 0.717) is 0 Å². The average Bonchev–Trinajstić information content (AvgIpc) is 1.97. The number of hydrogen-bond acceptors (Lipinski definition) is 2. The van der Waals surface area contributed by atoms with Crippen LogP contribution in [0.4, 0.5) is 10.1 Å². The molecule has 0 aromatic heterocycles. The standard InChI is InChI=1S/C7H5BrFNO2/c1-4-2-3-5(8)7(6(4)9)10(11)12/h2-3H,1H3. The largest absolute Gasteiger partial charge is 0.319 e. The number of nitro groups is 1. The van der Waals surface area contributed by atoms with Gasteiger partial charge in [-0.3, -0.25) is 10.1 Å². The first-order chi connectivity index (χ1) is 5.54. The molecule has 0 bridgehead atoms. The van der Waals surface area contributed by atoms with Gasteiger partial charge in [-0.1, -0.05) is 6.07 Å². The Balaban J connectivity index is 3.43. The first-order valence-electron chi connectivity index (χ1n) is 3.13. The van der Waals surface area contributed by atoms with Gasteiger partial charge < -0.3 is 0 Å². The van der Waals surface area contributed by atoms with Crippen LogP contribution in [0.3, 0.4) is 0 Å². The Morgan fingerprint density at radius 3 is 2.58 bits per heavy atom. The molecule has 1 rings (SSSR count). The number of rotatable bonds is 1. The second-order valence-corrected chi connectivity index (χ2v) is 3.14. The van der Waals surface area contributed by atoms with Gasteiger partial charge in [0.15, 0.2) is 0 Å². The Morgan fingerprint density at radius 1 is 1.58 bits per heavy atom. The predicted molar refractivity (Wildman–Crippen MR) is 45.5 cm³/mol. The van der Waals surface area contributed by atoms with Crippen molar-refractivity contribution in [3.05, 3.63) is 38.1 Å². The monoisotopic (exact) mass is 233 g/mol. The number of benzene rings is 1. The van der Waals surface area contributed by atoms with E-state index < -0.39 is 16.4 Å². The summed E-state index contributed by atoms with van der Waals surface area (Å²) in [5.74, 6) is -0.783. The maximum Gasteiger partial charge on any atom is 0.319 e. The van der Waals surface area contributed by atoms with Crippen LogP contribution in [0.1, 0.15) is 5.56 Å². The van der Waals surface area contributed by atoms with Gasteiger partial charge in [0, 0.05) is 0 Å². The van der Waals surface area contributed by atoms with Gasteiger partial charge in [-0.25, -0.2) is 0 Å². The lowest BCUT2D eigenvalue weighted by molar-refractivity contribution is -0.388. The minimum absolute atomic E-state index is 0.163. The van der Waals surface area contributed by atoms with E-state index in [4.69, 9.17) is 0 Å². The lowest BCUT2D eigenvalue weighted by atomic mass is 10.2. The van der Waals surface area contributed by atoms with E-state index in [1.165, 1.54) is 19.1 Å². The molecule has 1 aromatic carbocycles. The molecule has 0 atom stereocenters. The molecular formula is C7H5BrFNO2. The Labute approximate surface area is 76.5 Å². The second kappa shape index (κ2) is 3.18. The summed E-state index contributed by atoms with van der Waals surface area (Å²) in [6, 6.07) is 2.93. The molecule has 0 amide bonds. The molecule has 0 saturated heterocycles. The molecule has 5 heteroatoms. The molecule has 0 N–H and O–H groups in total. The molecule has 3 nitrogen and oxygen atoms in total. The molecule has 0 radical (unpaired) electrons. The van der Waals surface area contributed by atoms with E-state index in [-0.39, 0.29) is 10.0 Å². The molecule has 1 aromatic rings. The Bertz CT molecular complexity index is 340. The van der Waals surface area contributed by atoms with Crippen molar-refractivity contribution in [2.24, 2.45) is 0 Å². The minimum atomic E-state index is -0.783. The second-order valence-electron chi connectivity index (χ2n) is 2.28. The van der Waals surface area contributed by atoms with Crippen molar-refractivity contribution in [2.45, 2.75) is 6.92 Å². The normalized spacial score (nSPS) is 9.92. The van der Waals surface area contributed by atoms with Crippen LogP contribution < -0.4 is 0 Å². The highest BCUT2D eigenvalue weighted by Crippen LogP contribution is 2.29. The molecule has 0 saturated carbocycles. The van der Waals surface area contributed by atoms with Gasteiger partial charge in [-0.15, -0.1) is 0 Å². The average molecular weight is 234 g/mol. The van der Waals surface area contributed by atoms with Crippen LogP contribution in [0.25, 0.3) is 0 Å². The van der Waals surface area contributed by atoms with E-state index in [1.54, 1.807) is 0 Å². The Kier molecular flexibility index (Phi) is 2.42. The lowest BCUT2D eigenvalue weighted by Crippen LogP contribution is -1.95. The van der Waals surface area contributed by atoms with Gasteiger partial charge in [-0.2, -0.15) is 4.39 Å². The van der Waals surface area contributed by atoms with Gasteiger partial charge in [0.2, 0.25) is 5.82 Å². The quantitative estimate of drug-likeness (QED) is 0.553. The fourth-order valence-electron chi connectivity index (χ4n) is 0.809. The van der Waals surface area contributed by atoms with Crippen molar-refractivity contribution in [3.63, 3.8) is 0 Å². The van der Waals surface area contributed by atoms with Crippen LogP contribution in [0, 0.1) is 22.9 Å². The number of hydrogen-bond donors (Lipinski definition) is 0. The zero-order chi connectivity index (χ0) is 9.30. The van der Waals surface area contributed by atoms with E-state index in [0.717, 1.165) is 0 Å². The summed E-state index contributed by atoms with van der Waals surface area (Å²) in [4.78, 5) is 9.59. The Hall–Kier alpha value is -0.970. The number of nitrogens with zero attached hydrogens (tertiary/aromatic N) is 1. The van der Waals surface area contributed by atoms with Crippen LogP contribution >= 0.6 is 15.9 Å². The van der Waals surface area contributed by atoms with Crippen LogP contribution in [-0.4, -0.2) is 4.92 Å². The third-order valence-corrected chi connectivity index (χ3v) is 2.08. The Morgan fingerprint density at radius 2 is 2.17 bits per heavy atom. The van der Waals surface area contributed by atoms with Crippen LogP contribution in [0.15, 0.2) is 16.6 Å². The predicted octanol–water partition coefficient (Wildman–Crippen LogP) is 2.80. The number of aryl methyl sites for hydroxylation is 1. The summed E-state index contributed by atoms with van der Waals surface area (Å²) >= 11 is 2.90. The SMILES string of the molecule is Cc1ccc(Br)c([N+](=O)[O-])c1F. The van der Waals surface area contributed by atoms with Crippen LogP contribution in [0.2, 0.25) is 0 Å². The zero-order valence-electron chi connectivity index (χ0n) is 6.17. The highest BCUT2D eigenvalue weighted by Gasteiger charge is 2.19. The maximum absolute atomic E-state index is 13.0. The topological polar surface area (TPSA) is 43.1 Å². The van der Waals surface area contributed by atoms with Crippen LogP contribution in [0.5, 0.6) is 0 Å². The lowest BCUT2D eigenvalue weighted by Gasteiger charge is -1.98. The summed E-state index contributed by atoms with van der Waals surface area (Å²) in [5.41, 5.74) is -0.236. The van der Waals surface area contributed by atoms with Crippen molar-refractivity contribution in [1.82, 2.24) is 0 Å². The molecule has 0 aliphatic carbocycles. The summed E-state index contributed by atoms with van der Waals surface area (Å²) in [6.07, 6.45) is 0. The van der Waals surface area contributed by atoms with Crippen molar-refractivity contribution in [3.8, 4) is 0 Å². The first kappa shape index (κ1) is 9.12. The van der Waals surface area contributed by atoms with Gasteiger partial charge in [0.1, 0.15) is 0 Å². The summed E-state index contributed by atoms with van der Waals surface area (Å²) < 4.78 is 13.2. The summed E-state index contributed by atoms with van der Waals surface area (Å²) in [6.45, 7) is 1.48. The smallest absolute Gasteiger partial charge is 0.258 e. The van der Waals surface area contributed by atoms with E-state index in [9.17, 15) is 14.5 Å². The highest BCUT2D eigenvalue weighted by atomic mass is 79.9. The van der Waals surface area contributed by atoms with Crippen molar-refractivity contribution < 1.29 is 9.31 Å². The van der Waals surface area contributed by atoms with E-state index in [2.05, 4.69) is 15.9 Å². The fourth-order valence-corrected chi connectivity index (χ4v) is 1.26. The van der Waals surface area contributed by atoms with Gasteiger partial charge >= 0.3 is 5.69 Å². The molecule has 64 valence electrons. The molecule has 0 fully saturated rings. The number of nitro benzene ring substituents is 1. The molecular weight excluding hydrogens is 229 g/mol. The first-order valence-corrected chi connectivity index (χ1v) is 3.92. The van der Waals surface area contributed by atoms with Crippen molar-refractivity contribution in [2.75, 3.05) is 0 Å².